The Hall–Kier alpha value is -1.26. The van der Waals surface area contributed by atoms with Crippen molar-refractivity contribution in [3.63, 3.8) is 0 Å². The van der Waals surface area contributed by atoms with Crippen LogP contribution in [-0.4, -0.2) is 16.5 Å². The van der Waals surface area contributed by atoms with Crippen molar-refractivity contribution in [3.05, 3.63) is 58.1 Å². The first-order valence-electron chi connectivity index (χ1n) is 5.98. The molecule has 94 valence electrons. The Bertz CT molecular complexity index is 482. The van der Waals surface area contributed by atoms with Crippen molar-refractivity contribution in [3.8, 4) is 0 Å². The third kappa shape index (κ3) is 2.76. The van der Waals surface area contributed by atoms with Gasteiger partial charge >= 0.3 is 0 Å². The fourth-order valence-electron chi connectivity index (χ4n) is 1.95. The van der Waals surface area contributed by atoms with E-state index in [9.17, 15) is 0 Å². The predicted molar refractivity (Wildman–Crippen MR) is 76.4 cm³/mol. The normalized spacial score (nSPS) is 12.4. The number of pyridine rings is 2. The van der Waals surface area contributed by atoms with Crippen LogP contribution in [0, 0.1) is 6.92 Å². The zero-order valence-corrected chi connectivity index (χ0v) is 12.1. The van der Waals surface area contributed by atoms with Gasteiger partial charge in [0, 0.05) is 23.1 Å². The van der Waals surface area contributed by atoms with E-state index >= 15 is 0 Å². The molecule has 0 aliphatic carbocycles. The lowest BCUT2D eigenvalue weighted by molar-refractivity contribution is 0.608. The molecule has 1 atom stereocenters. The van der Waals surface area contributed by atoms with Crippen molar-refractivity contribution in [2.45, 2.75) is 19.9 Å². The molecule has 2 aromatic heterocycles. The second kappa shape index (κ2) is 6.07. The van der Waals surface area contributed by atoms with Gasteiger partial charge in [-0.2, -0.15) is 0 Å². The van der Waals surface area contributed by atoms with E-state index < -0.39 is 0 Å². The Morgan fingerprint density at radius 3 is 2.83 bits per heavy atom. The summed E-state index contributed by atoms with van der Waals surface area (Å²) in [7, 11) is 0. The Labute approximate surface area is 116 Å². The van der Waals surface area contributed by atoms with Gasteiger partial charge < -0.3 is 5.32 Å². The SMILES string of the molecule is CCNC(c1cnccc1C)c1ncccc1Br. The summed E-state index contributed by atoms with van der Waals surface area (Å²) in [4.78, 5) is 8.70. The molecule has 18 heavy (non-hydrogen) atoms. The van der Waals surface area contributed by atoms with Crippen molar-refractivity contribution in [2.75, 3.05) is 6.54 Å². The van der Waals surface area contributed by atoms with Gasteiger partial charge in [-0.1, -0.05) is 6.92 Å². The van der Waals surface area contributed by atoms with Crippen LogP contribution in [0.15, 0.2) is 41.3 Å². The zero-order valence-electron chi connectivity index (χ0n) is 10.5. The topological polar surface area (TPSA) is 37.8 Å². The fourth-order valence-corrected chi connectivity index (χ4v) is 2.43. The minimum atomic E-state index is 0.0688. The molecule has 2 rings (SSSR count). The van der Waals surface area contributed by atoms with Gasteiger partial charge in [-0.25, -0.2) is 0 Å². The zero-order chi connectivity index (χ0) is 13.0. The lowest BCUT2D eigenvalue weighted by Gasteiger charge is -2.20. The average molecular weight is 306 g/mol. The van der Waals surface area contributed by atoms with Crippen LogP contribution in [-0.2, 0) is 0 Å². The van der Waals surface area contributed by atoms with Crippen LogP contribution in [0.25, 0.3) is 0 Å². The van der Waals surface area contributed by atoms with Crippen LogP contribution < -0.4 is 5.32 Å². The summed E-state index contributed by atoms with van der Waals surface area (Å²) in [6.45, 7) is 5.07. The van der Waals surface area contributed by atoms with Gasteiger partial charge in [0.25, 0.3) is 0 Å². The van der Waals surface area contributed by atoms with Gasteiger partial charge in [-0.05, 0) is 58.7 Å². The summed E-state index contributed by atoms with van der Waals surface area (Å²) >= 11 is 3.57. The highest BCUT2D eigenvalue weighted by molar-refractivity contribution is 9.10. The Morgan fingerprint density at radius 1 is 1.33 bits per heavy atom. The number of aromatic nitrogens is 2. The summed E-state index contributed by atoms with van der Waals surface area (Å²) in [5.41, 5.74) is 3.38. The van der Waals surface area contributed by atoms with E-state index in [1.807, 2.05) is 36.8 Å². The van der Waals surface area contributed by atoms with E-state index in [0.29, 0.717) is 0 Å². The number of halogens is 1. The van der Waals surface area contributed by atoms with E-state index in [-0.39, 0.29) is 6.04 Å². The van der Waals surface area contributed by atoms with Gasteiger partial charge in [0.15, 0.2) is 0 Å². The number of hydrogen-bond donors (Lipinski definition) is 1. The van der Waals surface area contributed by atoms with Crippen molar-refractivity contribution < 1.29 is 0 Å². The van der Waals surface area contributed by atoms with Crippen molar-refractivity contribution >= 4 is 15.9 Å². The highest BCUT2D eigenvalue weighted by Crippen LogP contribution is 2.27. The average Bonchev–Trinajstić information content (AvgIpc) is 2.38. The molecule has 0 spiro atoms. The number of nitrogens with one attached hydrogen (secondary N) is 1. The molecule has 0 aliphatic rings. The summed E-state index contributed by atoms with van der Waals surface area (Å²) in [6.07, 6.45) is 5.54. The Morgan fingerprint density at radius 2 is 2.17 bits per heavy atom. The molecule has 0 bridgehead atoms. The van der Waals surface area contributed by atoms with Gasteiger partial charge in [0.05, 0.1) is 11.7 Å². The van der Waals surface area contributed by atoms with Gasteiger partial charge in [0.2, 0.25) is 0 Å². The van der Waals surface area contributed by atoms with Crippen LogP contribution in [0.1, 0.15) is 29.8 Å². The number of aryl methyl sites for hydroxylation is 1. The quantitative estimate of drug-likeness (QED) is 0.942. The van der Waals surface area contributed by atoms with Gasteiger partial charge in [-0.15, -0.1) is 0 Å². The van der Waals surface area contributed by atoms with E-state index in [4.69, 9.17) is 0 Å². The molecule has 2 aromatic rings. The molecule has 0 saturated carbocycles. The molecule has 0 aliphatic heterocycles. The molecule has 0 saturated heterocycles. The van der Waals surface area contributed by atoms with Crippen LogP contribution in [0.2, 0.25) is 0 Å². The fraction of sp³-hybridized carbons (Fsp3) is 0.286. The van der Waals surface area contributed by atoms with Crippen LogP contribution in [0.4, 0.5) is 0 Å². The maximum Gasteiger partial charge on any atom is 0.0780 e. The standard InChI is InChI=1S/C14H16BrN3/c1-3-17-13(11-9-16-8-6-10(11)2)14-12(15)5-4-7-18-14/h4-9,13,17H,3H2,1-2H3. The minimum Gasteiger partial charge on any atom is -0.305 e. The van der Waals surface area contributed by atoms with E-state index in [2.05, 4.69) is 45.1 Å². The second-order valence-corrected chi connectivity index (χ2v) is 4.95. The van der Waals surface area contributed by atoms with Crippen molar-refractivity contribution in [2.24, 2.45) is 0 Å². The molecule has 0 radical (unpaired) electrons. The van der Waals surface area contributed by atoms with E-state index in [1.54, 1.807) is 0 Å². The smallest absolute Gasteiger partial charge is 0.0780 e. The van der Waals surface area contributed by atoms with Crippen LogP contribution in [0.5, 0.6) is 0 Å². The maximum atomic E-state index is 4.48. The molecular weight excluding hydrogens is 290 g/mol. The Balaban J connectivity index is 2.47. The predicted octanol–water partition coefficient (Wildman–Crippen LogP) is 3.25. The third-order valence-electron chi connectivity index (χ3n) is 2.86. The van der Waals surface area contributed by atoms with Crippen molar-refractivity contribution in [1.82, 2.24) is 15.3 Å². The van der Waals surface area contributed by atoms with Crippen LogP contribution >= 0.6 is 15.9 Å². The first-order valence-corrected chi connectivity index (χ1v) is 6.77. The summed E-state index contributed by atoms with van der Waals surface area (Å²) < 4.78 is 1.01. The highest BCUT2D eigenvalue weighted by atomic mass is 79.9. The van der Waals surface area contributed by atoms with Crippen LogP contribution in [0.3, 0.4) is 0 Å². The van der Waals surface area contributed by atoms with Gasteiger partial charge in [-0.3, -0.25) is 9.97 Å². The summed E-state index contributed by atoms with van der Waals surface area (Å²) in [5.74, 6) is 0. The largest absolute Gasteiger partial charge is 0.305 e. The molecule has 1 N–H and O–H groups in total. The molecule has 0 aromatic carbocycles. The number of nitrogens with zero attached hydrogens (tertiary/aromatic N) is 2. The van der Waals surface area contributed by atoms with Crippen molar-refractivity contribution in [1.29, 1.82) is 0 Å². The van der Waals surface area contributed by atoms with E-state index in [1.165, 1.54) is 11.1 Å². The molecule has 4 heteroatoms. The minimum absolute atomic E-state index is 0.0688. The second-order valence-electron chi connectivity index (χ2n) is 4.09. The Kier molecular flexibility index (Phi) is 4.44. The first-order chi connectivity index (χ1) is 8.74. The summed E-state index contributed by atoms with van der Waals surface area (Å²) in [6, 6.07) is 6.03. The lowest BCUT2D eigenvalue weighted by atomic mass is 10.0. The maximum absolute atomic E-state index is 4.48. The molecule has 0 amide bonds. The third-order valence-corrected chi connectivity index (χ3v) is 3.53. The molecule has 2 heterocycles. The molecule has 1 unspecified atom stereocenters. The molecule has 0 fully saturated rings. The monoisotopic (exact) mass is 305 g/mol. The highest BCUT2D eigenvalue weighted by Gasteiger charge is 2.18. The van der Waals surface area contributed by atoms with E-state index in [0.717, 1.165) is 16.7 Å². The molecule has 3 nitrogen and oxygen atoms in total. The number of hydrogen-bond acceptors (Lipinski definition) is 3. The first kappa shape index (κ1) is 13.2. The lowest BCUT2D eigenvalue weighted by Crippen LogP contribution is -2.24. The number of rotatable bonds is 4. The summed E-state index contributed by atoms with van der Waals surface area (Å²) in [5, 5.41) is 3.46. The molecular formula is C14H16BrN3. The van der Waals surface area contributed by atoms with Gasteiger partial charge in [0.1, 0.15) is 0 Å².